The van der Waals surface area contributed by atoms with E-state index >= 15 is 8.78 Å². The number of aromatic nitrogens is 4. The number of nitrogens with zero attached hydrogens (tertiary/aromatic N) is 3. The smallest absolute Gasteiger partial charge is 0.407 e. The molecule has 3 aromatic carbocycles. The molecule has 51 heavy (non-hydrogen) atoms. The minimum Gasteiger partial charge on any atom is -0.453 e. The number of rotatable bonds is 7. The van der Waals surface area contributed by atoms with Crippen LogP contribution in [0, 0.1) is 5.92 Å². The van der Waals surface area contributed by atoms with Crippen LogP contribution >= 0.6 is 0 Å². The summed E-state index contributed by atoms with van der Waals surface area (Å²) >= 11 is 0. The van der Waals surface area contributed by atoms with Gasteiger partial charge in [0.05, 0.1) is 41.6 Å². The number of hydrogen-bond donors (Lipinski definition) is 4. The van der Waals surface area contributed by atoms with E-state index in [2.05, 4.69) is 25.6 Å². The molecule has 0 radical (unpaired) electrons. The van der Waals surface area contributed by atoms with Crippen LogP contribution in [0.1, 0.15) is 75.3 Å². The van der Waals surface area contributed by atoms with E-state index in [0.717, 1.165) is 48.4 Å². The number of benzene rings is 3. The third kappa shape index (κ3) is 5.47. The summed E-state index contributed by atoms with van der Waals surface area (Å²) < 4.78 is 37.2. The van der Waals surface area contributed by atoms with Crippen molar-refractivity contribution in [1.29, 1.82) is 0 Å². The number of methoxy groups -OCH3 is 1. The molecule has 10 nitrogen and oxygen atoms in total. The van der Waals surface area contributed by atoms with Crippen LogP contribution in [0.15, 0.2) is 60.8 Å². The van der Waals surface area contributed by atoms with E-state index in [1.807, 2.05) is 51.1 Å². The van der Waals surface area contributed by atoms with Crippen molar-refractivity contribution < 1.29 is 23.1 Å². The monoisotopic (exact) mass is 693 g/mol. The zero-order chi connectivity index (χ0) is 35.7. The predicted molar refractivity (Wildman–Crippen MR) is 190 cm³/mol. The first-order valence-corrected chi connectivity index (χ1v) is 17.6. The number of alkyl halides is 2. The third-order valence-corrected chi connectivity index (χ3v) is 10.9. The highest BCUT2D eigenvalue weighted by atomic mass is 19.3. The van der Waals surface area contributed by atoms with E-state index in [4.69, 9.17) is 9.72 Å². The summed E-state index contributed by atoms with van der Waals surface area (Å²) in [4.78, 5) is 43.8. The minimum absolute atomic E-state index is 0.0126. The van der Waals surface area contributed by atoms with Crippen LogP contribution in [0.2, 0.25) is 0 Å². The molecule has 0 bridgehead atoms. The van der Waals surface area contributed by atoms with Crippen molar-refractivity contribution in [3.8, 4) is 33.5 Å². The Hall–Kier alpha value is -5.10. The van der Waals surface area contributed by atoms with Crippen LogP contribution in [-0.2, 0) is 21.0 Å². The molecule has 3 atom stereocenters. The van der Waals surface area contributed by atoms with Crippen LogP contribution in [0.4, 0.5) is 13.6 Å². The van der Waals surface area contributed by atoms with Crippen LogP contribution in [0.5, 0.6) is 0 Å². The zero-order valence-electron chi connectivity index (χ0n) is 29.1. The number of ether oxygens (including phenoxy) is 1. The molecular formula is C39H41F2N7O3. The van der Waals surface area contributed by atoms with E-state index in [9.17, 15) is 9.59 Å². The maximum atomic E-state index is 16.2. The number of aromatic amines is 2. The Morgan fingerprint density at radius 3 is 2.39 bits per heavy atom. The van der Waals surface area contributed by atoms with Crippen molar-refractivity contribution in [2.45, 2.75) is 70.0 Å². The Morgan fingerprint density at radius 2 is 1.69 bits per heavy atom. The Labute approximate surface area is 294 Å². The van der Waals surface area contributed by atoms with Crippen molar-refractivity contribution in [3.05, 3.63) is 83.6 Å². The molecule has 2 amide bonds. The average Bonchev–Trinajstić information content (AvgIpc) is 3.97. The van der Waals surface area contributed by atoms with Crippen molar-refractivity contribution in [2.75, 3.05) is 20.2 Å². The number of amides is 2. The fraction of sp³-hybridized carbons (Fsp3) is 0.385. The summed E-state index contributed by atoms with van der Waals surface area (Å²) in [5.74, 6) is -2.06. The van der Waals surface area contributed by atoms with Gasteiger partial charge in [0.25, 0.3) is 5.92 Å². The number of likely N-dealkylation sites (tertiary alicyclic amines) is 1. The molecule has 2 saturated heterocycles. The molecule has 8 rings (SSSR count). The topological polar surface area (TPSA) is 128 Å². The molecule has 0 unspecified atom stereocenters. The summed E-state index contributed by atoms with van der Waals surface area (Å²) in [6, 6.07) is 15.6. The largest absolute Gasteiger partial charge is 0.453 e. The number of halogens is 2. The van der Waals surface area contributed by atoms with E-state index in [1.165, 1.54) is 7.11 Å². The Morgan fingerprint density at radius 1 is 0.980 bits per heavy atom. The summed E-state index contributed by atoms with van der Waals surface area (Å²) in [5.41, 5.74) is 4.57. The lowest BCUT2D eigenvalue weighted by atomic mass is 9.95. The molecule has 0 spiro atoms. The molecule has 2 fully saturated rings. The minimum atomic E-state index is -3.18. The molecular weight excluding hydrogens is 652 g/mol. The second kappa shape index (κ2) is 12.3. The molecule has 1 aliphatic carbocycles. The van der Waals surface area contributed by atoms with Gasteiger partial charge >= 0.3 is 6.09 Å². The number of carbonyl (C=O) groups excluding carboxylic acids is 2. The van der Waals surface area contributed by atoms with Gasteiger partial charge in [-0.3, -0.25) is 4.79 Å². The number of fused-ring (bicyclic) bond motifs is 4. The van der Waals surface area contributed by atoms with Gasteiger partial charge in [-0.05, 0) is 91.6 Å². The van der Waals surface area contributed by atoms with Crippen molar-refractivity contribution in [2.24, 2.45) is 5.92 Å². The fourth-order valence-corrected chi connectivity index (χ4v) is 8.02. The lowest BCUT2D eigenvalue weighted by Crippen LogP contribution is -2.55. The third-order valence-electron chi connectivity index (χ3n) is 10.9. The maximum Gasteiger partial charge on any atom is 0.407 e. The van der Waals surface area contributed by atoms with Gasteiger partial charge in [-0.25, -0.2) is 14.8 Å². The van der Waals surface area contributed by atoms with Gasteiger partial charge < -0.3 is 30.2 Å². The Kier molecular flexibility index (Phi) is 7.97. The lowest BCUT2D eigenvalue weighted by molar-refractivity contribution is -0.138. The molecule has 0 saturated carbocycles. The van der Waals surface area contributed by atoms with Crippen LogP contribution in [0.25, 0.3) is 44.5 Å². The van der Waals surface area contributed by atoms with E-state index in [0.29, 0.717) is 46.6 Å². The van der Waals surface area contributed by atoms with Crippen molar-refractivity contribution in [3.63, 3.8) is 0 Å². The van der Waals surface area contributed by atoms with Gasteiger partial charge in [-0.1, -0.05) is 44.2 Å². The van der Waals surface area contributed by atoms with Crippen molar-refractivity contribution in [1.82, 2.24) is 35.5 Å². The van der Waals surface area contributed by atoms with Gasteiger partial charge in [0.2, 0.25) is 5.91 Å². The summed E-state index contributed by atoms with van der Waals surface area (Å²) in [7, 11) is 1.27. The first-order valence-electron chi connectivity index (χ1n) is 17.6. The molecule has 2 aromatic heterocycles. The molecule has 4 N–H and O–H groups in total. The number of imidazole rings is 2. The standard InChI is InChI=1S/C39H41F2N7O3/c1-21(2)33(47-37(50)51-4)35(49)48-16-6-14-38(48,3)36-45-29-13-10-23(19-31(29)46-36)22-8-11-25-26-12-9-24(18-28(26)39(40,41)27(25)17-22)32-20-43-34(44-32)30-7-5-15-42-30/h8-13,17-21,30,33,42H,5-7,14-16H2,1-4H3,(H,43,44)(H,45,46)(H,47,50)/t30-,33-,38-/m0/s1. The molecule has 12 heteroatoms. The lowest BCUT2D eigenvalue weighted by Gasteiger charge is -2.37. The second-order valence-corrected chi connectivity index (χ2v) is 14.5. The molecule has 264 valence electrons. The second-order valence-electron chi connectivity index (χ2n) is 14.5. The maximum absolute atomic E-state index is 16.2. The number of carbonyl (C=O) groups is 2. The first kappa shape index (κ1) is 33.1. The van der Waals surface area contributed by atoms with Gasteiger partial charge in [-0.2, -0.15) is 8.78 Å². The SMILES string of the molecule is COC(=O)N[C@H](C(=O)N1CCC[C@@]1(C)c1nc2ccc(-c3ccc4c(c3)C(F)(F)c3cc(-c5cnc([C@@H]6CCCN6)[nH]5)ccc3-4)cc2[nH]1)C(C)C. The van der Waals surface area contributed by atoms with Crippen LogP contribution in [0.3, 0.4) is 0 Å². The quantitative estimate of drug-likeness (QED) is 0.141. The van der Waals surface area contributed by atoms with Crippen LogP contribution < -0.4 is 10.6 Å². The Bertz CT molecular complexity index is 2170. The Balaban J connectivity index is 1.07. The highest BCUT2D eigenvalue weighted by molar-refractivity contribution is 5.88. The molecule has 3 aliphatic rings. The number of alkyl carbamates (subject to hydrolysis) is 1. The normalized spacial score (nSPS) is 21.2. The molecule has 2 aliphatic heterocycles. The first-order chi connectivity index (χ1) is 24.5. The highest BCUT2D eigenvalue weighted by Gasteiger charge is 2.47. The van der Waals surface area contributed by atoms with Gasteiger partial charge in [0.15, 0.2) is 0 Å². The molecule has 4 heterocycles. The van der Waals surface area contributed by atoms with Crippen molar-refractivity contribution >= 4 is 23.0 Å². The van der Waals surface area contributed by atoms with Crippen LogP contribution in [-0.4, -0.2) is 63.1 Å². The van der Waals surface area contributed by atoms with E-state index < -0.39 is 23.6 Å². The number of H-pyrrole nitrogens is 2. The summed E-state index contributed by atoms with van der Waals surface area (Å²) in [6.07, 6.45) is 4.62. The fourth-order valence-electron chi connectivity index (χ4n) is 8.02. The number of nitrogens with one attached hydrogen (secondary N) is 4. The predicted octanol–water partition coefficient (Wildman–Crippen LogP) is 7.38. The van der Waals surface area contributed by atoms with E-state index in [-0.39, 0.29) is 29.0 Å². The van der Waals surface area contributed by atoms with Gasteiger partial charge in [0.1, 0.15) is 17.7 Å². The van der Waals surface area contributed by atoms with Gasteiger partial charge in [0, 0.05) is 23.2 Å². The summed E-state index contributed by atoms with van der Waals surface area (Å²) in [5, 5.41) is 6.11. The highest BCUT2D eigenvalue weighted by Crippen LogP contribution is 2.53. The molecule has 5 aromatic rings. The van der Waals surface area contributed by atoms with E-state index in [1.54, 1.807) is 35.4 Å². The number of hydrogen-bond acceptors (Lipinski definition) is 6. The summed E-state index contributed by atoms with van der Waals surface area (Å²) in [6.45, 7) is 7.21. The average molecular weight is 694 g/mol. The van der Waals surface area contributed by atoms with Gasteiger partial charge in [-0.15, -0.1) is 0 Å². The zero-order valence-corrected chi connectivity index (χ0v) is 29.1.